The number of carbonyl (C=O) groups excluding carboxylic acids is 1. The zero-order valence-corrected chi connectivity index (χ0v) is 14.7. The van der Waals surface area contributed by atoms with Crippen molar-refractivity contribution in [3.8, 4) is 17.7 Å². The second-order valence-corrected chi connectivity index (χ2v) is 6.21. The second kappa shape index (κ2) is 8.34. The number of rotatable bonds is 6. The minimum atomic E-state index is -0.0821. The largest absolute Gasteiger partial charge is 0.497 e. The number of benzene rings is 1. The van der Waals surface area contributed by atoms with Gasteiger partial charge in [-0.2, -0.15) is 5.26 Å². The Labute approximate surface area is 153 Å². The van der Waals surface area contributed by atoms with E-state index in [1.165, 1.54) is 0 Å². The van der Waals surface area contributed by atoms with E-state index >= 15 is 0 Å². The van der Waals surface area contributed by atoms with E-state index in [2.05, 4.69) is 11.1 Å². The lowest BCUT2D eigenvalue weighted by Gasteiger charge is -2.17. The van der Waals surface area contributed by atoms with Crippen LogP contribution in [0.4, 0.5) is 0 Å². The first kappa shape index (κ1) is 17.7. The van der Waals surface area contributed by atoms with Crippen LogP contribution in [0.1, 0.15) is 24.0 Å². The van der Waals surface area contributed by atoms with Gasteiger partial charge in [0.25, 0.3) is 0 Å². The van der Waals surface area contributed by atoms with E-state index in [-0.39, 0.29) is 12.0 Å². The normalized spacial score (nSPS) is 16.2. The van der Waals surface area contributed by atoms with E-state index in [1.54, 1.807) is 25.4 Å². The third kappa shape index (κ3) is 4.51. The Morgan fingerprint density at radius 2 is 2.15 bits per heavy atom. The van der Waals surface area contributed by atoms with E-state index in [4.69, 9.17) is 14.7 Å². The minimum absolute atomic E-state index is 0.0821. The van der Waals surface area contributed by atoms with Crippen LogP contribution in [0.3, 0.4) is 0 Å². The number of nitriles is 1. The molecule has 0 radical (unpaired) electrons. The fraction of sp³-hybridized carbons (Fsp3) is 0.350. The Morgan fingerprint density at radius 1 is 1.35 bits per heavy atom. The van der Waals surface area contributed by atoms with E-state index in [1.807, 2.05) is 29.2 Å². The van der Waals surface area contributed by atoms with Crippen LogP contribution in [0.5, 0.6) is 11.6 Å². The van der Waals surface area contributed by atoms with Gasteiger partial charge in [0.15, 0.2) is 0 Å². The highest BCUT2D eigenvalue weighted by Crippen LogP contribution is 2.19. The van der Waals surface area contributed by atoms with Gasteiger partial charge in [-0.15, -0.1) is 0 Å². The summed E-state index contributed by atoms with van der Waals surface area (Å²) in [6.45, 7) is 1.24. The van der Waals surface area contributed by atoms with Crippen LogP contribution >= 0.6 is 0 Å². The van der Waals surface area contributed by atoms with Gasteiger partial charge < -0.3 is 14.4 Å². The molecular weight excluding hydrogens is 330 g/mol. The number of amides is 1. The number of ether oxygens (including phenoxy) is 2. The Hall–Kier alpha value is -3.07. The van der Waals surface area contributed by atoms with E-state index in [0.717, 1.165) is 17.7 Å². The Balaban J connectivity index is 1.48. The van der Waals surface area contributed by atoms with Crippen LogP contribution in [0.25, 0.3) is 0 Å². The van der Waals surface area contributed by atoms with Gasteiger partial charge in [-0.25, -0.2) is 4.98 Å². The van der Waals surface area contributed by atoms with Gasteiger partial charge in [0.05, 0.1) is 25.3 Å². The molecule has 1 fully saturated rings. The highest BCUT2D eigenvalue weighted by molar-refractivity contribution is 5.76. The number of hydrogen-bond acceptors (Lipinski definition) is 5. The van der Waals surface area contributed by atoms with Crippen LogP contribution < -0.4 is 9.47 Å². The van der Waals surface area contributed by atoms with Crippen LogP contribution in [-0.2, 0) is 11.2 Å². The van der Waals surface area contributed by atoms with Crippen LogP contribution in [0.2, 0.25) is 0 Å². The molecule has 134 valence electrons. The second-order valence-electron chi connectivity index (χ2n) is 6.21. The summed E-state index contributed by atoms with van der Waals surface area (Å²) in [7, 11) is 1.64. The summed E-state index contributed by atoms with van der Waals surface area (Å²) in [5.74, 6) is 1.38. The van der Waals surface area contributed by atoms with Crippen molar-refractivity contribution < 1.29 is 14.3 Å². The fourth-order valence-corrected chi connectivity index (χ4v) is 2.97. The molecule has 0 N–H and O–H groups in total. The predicted molar refractivity (Wildman–Crippen MR) is 95.9 cm³/mol. The lowest BCUT2D eigenvalue weighted by Crippen LogP contribution is -2.31. The van der Waals surface area contributed by atoms with Crippen LogP contribution in [0.15, 0.2) is 42.6 Å². The lowest BCUT2D eigenvalue weighted by atomic mass is 10.1. The summed E-state index contributed by atoms with van der Waals surface area (Å²) >= 11 is 0. The van der Waals surface area contributed by atoms with Crippen molar-refractivity contribution in [3.63, 3.8) is 0 Å². The van der Waals surface area contributed by atoms with Crippen molar-refractivity contribution in [2.24, 2.45) is 0 Å². The summed E-state index contributed by atoms with van der Waals surface area (Å²) < 4.78 is 11.0. The molecule has 1 aromatic heterocycles. The lowest BCUT2D eigenvalue weighted by molar-refractivity contribution is -0.130. The highest BCUT2D eigenvalue weighted by Gasteiger charge is 2.27. The molecule has 2 aromatic rings. The van der Waals surface area contributed by atoms with Gasteiger partial charge in [-0.1, -0.05) is 12.1 Å². The molecule has 0 spiro atoms. The molecule has 1 aliphatic heterocycles. The maximum absolute atomic E-state index is 12.4. The molecule has 3 rings (SSSR count). The van der Waals surface area contributed by atoms with E-state index in [9.17, 15) is 4.79 Å². The Kier molecular flexibility index (Phi) is 5.69. The molecule has 6 nitrogen and oxygen atoms in total. The summed E-state index contributed by atoms with van der Waals surface area (Å²) in [6, 6.07) is 13.1. The molecule has 1 aliphatic rings. The maximum Gasteiger partial charge on any atom is 0.223 e. The van der Waals surface area contributed by atoms with Gasteiger partial charge in [0.1, 0.15) is 11.9 Å². The van der Waals surface area contributed by atoms with E-state index in [0.29, 0.717) is 37.4 Å². The van der Waals surface area contributed by atoms with Crippen molar-refractivity contribution in [2.75, 3.05) is 20.2 Å². The summed E-state index contributed by atoms with van der Waals surface area (Å²) in [4.78, 5) is 18.4. The molecule has 1 atom stereocenters. The van der Waals surface area contributed by atoms with Gasteiger partial charge in [-0.05, 0) is 30.2 Å². The number of nitrogens with zero attached hydrogens (tertiary/aromatic N) is 3. The number of likely N-dealkylation sites (tertiary alicyclic amines) is 1. The Morgan fingerprint density at radius 3 is 2.88 bits per heavy atom. The molecule has 2 heterocycles. The molecule has 0 bridgehead atoms. The van der Waals surface area contributed by atoms with Crippen molar-refractivity contribution in [3.05, 3.63) is 53.7 Å². The topological polar surface area (TPSA) is 75.4 Å². The van der Waals surface area contributed by atoms with Gasteiger partial charge >= 0.3 is 0 Å². The standard InChI is InChI=1S/C20H21N3O3/c1-25-17-5-2-15(3-6-17)4-7-20(24)23-11-9-18(14-23)26-19-12-16(13-21)8-10-22-19/h2-3,5-6,8,10,12,18H,4,7,9,11,14H2,1H3. The number of pyridine rings is 1. The number of aromatic nitrogens is 1. The zero-order valence-electron chi connectivity index (χ0n) is 14.7. The summed E-state index contributed by atoms with van der Waals surface area (Å²) in [6.07, 6.45) is 3.42. The first-order valence-electron chi connectivity index (χ1n) is 8.61. The Bertz CT molecular complexity index is 799. The average molecular weight is 351 g/mol. The third-order valence-electron chi connectivity index (χ3n) is 4.44. The first-order valence-corrected chi connectivity index (χ1v) is 8.61. The molecule has 1 amide bonds. The molecule has 1 saturated heterocycles. The number of aryl methyl sites for hydroxylation is 1. The molecule has 26 heavy (non-hydrogen) atoms. The van der Waals surface area contributed by atoms with E-state index < -0.39 is 0 Å². The van der Waals surface area contributed by atoms with Crippen molar-refractivity contribution in [1.29, 1.82) is 5.26 Å². The number of carbonyl (C=O) groups is 1. The highest BCUT2D eigenvalue weighted by atomic mass is 16.5. The average Bonchev–Trinajstić information content (AvgIpc) is 3.15. The smallest absolute Gasteiger partial charge is 0.223 e. The number of methoxy groups -OCH3 is 1. The quantitative estimate of drug-likeness (QED) is 0.799. The van der Waals surface area contributed by atoms with Gasteiger partial charge in [0, 0.05) is 31.6 Å². The van der Waals surface area contributed by atoms with Crippen molar-refractivity contribution in [2.45, 2.75) is 25.4 Å². The SMILES string of the molecule is COc1ccc(CCC(=O)N2CCC(Oc3cc(C#N)ccn3)C2)cc1. The molecular formula is C20H21N3O3. The summed E-state index contributed by atoms with van der Waals surface area (Å²) in [5, 5.41) is 8.93. The van der Waals surface area contributed by atoms with Crippen LogP contribution in [-0.4, -0.2) is 42.1 Å². The fourth-order valence-electron chi connectivity index (χ4n) is 2.97. The minimum Gasteiger partial charge on any atom is -0.497 e. The maximum atomic E-state index is 12.4. The molecule has 6 heteroatoms. The molecule has 0 saturated carbocycles. The van der Waals surface area contributed by atoms with Crippen molar-refractivity contribution >= 4 is 5.91 Å². The van der Waals surface area contributed by atoms with Gasteiger partial charge in [0.2, 0.25) is 11.8 Å². The van der Waals surface area contributed by atoms with Gasteiger partial charge in [-0.3, -0.25) is 4.79 Å². The predicted octanol–water partition coefficient (Wildman–Crippen LogP) is 2.57. The first-order chi connectivity index (χ1) is 12.7. The molecule has 1 unspecified atom stereocenters. The number of hydrogen-bond donors (Lipinski definition) is 0. The monoisotopic (exact) mass is 351 g/mol. The zero-order chi connectivity index (χ0) is 18.4. The van der Waals surface area contributed by atoms with Crippen LogP contribution in [0, 0.1) is 11.3 Å². The molecule has 1 aromatic carbocycles. The third-order valence-corrected chi connectivity index (χ3v) is 4.44. The summed E-state index contributed by atoms with van der Waals surface area (Å²) in [5.41, 5.74) is 1.63. The van der Waals surface area contributed by atoms with Crippen molar-refractivity contribution in [1.82, 2.24) is 9.88 Å². The molecule has 0 aliphatic carbocycles.